The first-order valence-corrected chi connectivity index (χ1v) is 9.56. The minimum absolute atomic E-state index is 0.0187. The summed E-state index contributed by atoms with van der Waals surface area (Å²) in [5.74, 6) is -0.533. The molecule has 1 aliphatic rings. The smallest absolute Gasteiger partial charge is 0.255 e. The summed E-state index contributed by atoms with van der Waals surface area (Å²) in [6.45, 7) is 5.61. The van der Waals surface area contributed by atoms with Crippen molar-refractivity contribution in [2.75, 3.05) is 31.1 Å². The van der Waals surface area contributed by atoms with Crippen LogP contribution in [0.3, 0.4) is 0 Å². The summed E-state index contributed by atoms with van der Waals surface area (Å²) >= 11 is 2.21. The van der Waals surface area contributed by atoms with E-state index in [2.05, 4.69) is 22.6 Å². The van der Waals surface area contributed by atoms with E-state index >= 15 is 0 Å². The third kappa shape index (κ3) is 3.75. The lowest BCUT2D eigenvalue weighted by molar-refractivity contribution is 0.0745. The van der Waals surface area contributed by atoms with Gasteiger partial charge in [0.2, 0.25) is 0 Å². The van der Waals surface area contributed by atoms with Gasteiger partial charge in [-0.15, -0.1) is 0 Å². The quantitative estimate of drug-likeness (QED) is 0.509. The normalized spacial score (nSPS) is 14.5. The highest BCUT2D eigenvalue weighted by Crippen LogP contribution is 2.24. The third-order valence-electron chi connectivity index (χ3n) is 4.68. The van der Waals surface area contributed by atoms with Gasteiger partial charge in [-0.1, -0.05) is 12.1 Å². The SMILES string of the molecule is CC(=O)c1ccc(N2CCN(C(=O)c3cccc(C)c3I)CC2)c(F)c1. The van der Waals surface area contributed by atoms with Crippen LogP contribution < -0.4 is 4.90 Å². The Hall–Kier alpha value is -1.96. The van der Waals surface area contributed by atoms with E-state index in [1.807, 2.05) is 34.9 Å². The molecule has 0 aromatic heterocycles. The summed E-state index contributed by atoms with van der Waals surface area (Å²) in [4.78, 5) is 27.9. The lowest BCUT2D eigenvalue weighted by Crippen LogP contribution is -2.49. The molecule has 1 fully saturated rings. The van der Waals surface area contributed by atoms with Crippen LogP contribution in [0.4, 0.5) is 10.1 Å². The van der Waals surface area contributed by atoms with Crippen molar-refractivity contribution in [3.63, 3.8) is 0 Å². The van der Waals surface area contributed by atoms with E-state index in [-0.39, 0.29) is 11.7 Å². The largest absolute Gasteiger partial charge is 0.366 e. The van der Waals surface area contributed by atoms with Crippen LogP contribution in [0.1, 0.15) is 33.2 Å². The highest BCUT2D eigenvalue weighted by molar-refractivity contribution is 14.1. The van der Waals surface area contributed by atoms with Gasteiger partial charge < -0.3 is 9.80 Å². The topological polar surface area (TPSA) is 40.6 Å². The molecule has 0 atom stereocenters. The zero-order valence-electron chi connectivity index (χ0n) is 14.8. The number of aryl methyl sites for hydroxylation is 1. The Morgan fingerprint density at radius 1 is 1.08 bits per heavy atom. The van der Waals surface area contributed by atoms with E-state index in [0.717, 1.165) is 14.7 Å². The van der Waals surface area contributed by atoms with Gasteiger partial charge in [-0.05, 0) is 66.3 Å². The van der Waals surface area contributed by atoms with Gasteiger partial charge in [-0.2, -0.15) is 0 Å². The van der Waals surface area contributed by atoms with Gasteiger partial charge >= 0.3 is 0 Å². The van der Waals surface area contributed by atoms with Crippen molar-refractivity contribution in [3.05, 3.63) is 62.5 Å². The summed E-state index contributed by atoms with van der Waals surface area (Å²) in [7, 11) is 0. The Balaban J connectivity index is 1.70. The standard InChI is InChI=1S/C20H20FIN2O2/c1-13-4-3-5-16(19(13)22)20(26)24-10-8-23(9-11-24)18-7-6-15(14(2)25)12-17(18)21/h3-7,12H,8-11H2,1-2H3. The minimum atomic E-state index is -0.397. The van der Waals surface area contributed by atoms with Crippen LogP contribution in [0.5, 0.6) is 0 Å². The molecule has 1 amide bonds. The van der Waals surface area contributed by atoms with E-state index in [1.54, 1.807) is 12.1 Å². The molecule has 0 unspecified atom stereocenters. The molecule has 136 valence electrons. The van der Waals surface area contributed by atoms with E-state index < -0.39 is 5.82 Å². The van der Waals surface area contributed by atoms with E-state index in [0.29, 0.717) is 37.4 Å². The number of ketones is 1. The molecule has 2 aromatic carbocycles. The minimum Gasteiger partial charge on any atom is -0.366 e. The summed E-state index contributed by atoms with van der Waals surface area (Å²) in [6.07, 6.45) is 0. The van der Waals surface area contributed by atoms with Crippen LogP contribution in [-0.4, -0.2) is 42.8 Å². The summed E-state index contributed by atoms with van der Waals surface area (Å²) in [5, 5.41) is 0. The van der Waals surface area contributed by atoms with Gasteiger partial charge in [0.15, 0.2) is 5.78 Å². The maximum Gasteiger partial charge on any atom is 0.255 e. The fourth-order valence-electron chi connectivity index (χ4n) is 3.12. The second kappa shape index (κ2) is 7.73. The molecule has 26 heavy (non-hydrogen) atoms. The van der Waals surface area contributed by atoms with Crippen molar-refractivity contribution < 1.29 is 14.0 Å². The van der Waals surface area contributed by atoms with Crippen LogP contribution in [-0.2, 0) is 0 Å². The zero-order valence-corrected chi connectivity index (χ0v) is 16.9. The predicted molar refractivity (Wildman–Crippen MR) is 108 cm³/mol. The lowest BCUT2D eigenvalue weighted by Gasteiger charge is -2.36. The Bertz CT molecular complexity index is 861. The fraction of sp³-hybridized carbons (Fsp3) is 0.300. The third-order valence-corrected chi connectivity index (χ3v) is 6.12. The van der Waals surface area contributed by atoms with Crippen molar-refractivity contribution in [2.45, 2.75) is 13.8 Å². The van der Waals surface area contributed by atoms with Crippen LogP contribution in [0.25, 0.3) is 0 Å². The molecule has 0 N–H and O–H groups in total. The van der Waals surface area contributed by atoms with Crippen LogP contribution >= 0.6 is 22.6 Å². The Morgan fingerprint density at radius 2 is 1.77 bits per heavy atom. The first-order chi connectivity index (χ1) is 12.4. The number of piperazine rings is 1. The van der Waals surface area contributed by atoms with Crippen molar-refractivity contribution >= 4 is 40.0 Å². The molecule has 1 aliphatic heterocycles. The van der Waals surface area contributed by atoms with Gasteiger partial charge in [0, 0.05) is 35.3 Å². The highest BCUT2D eigenvalue weighted by atomic mass is 127. The highest BCUT2D eigenvalue weighted by Gasteiger charge is 2.25. The lowest BCUT2D eigenvalue weighted by atomic mass is 10.1. The molecule has 6 heteroatoms. The molecule has 3 rings (SSSR count). The van der Waals surface area contributed by atoms with Gasteiger partial charge in [0.25, 0.3) is 5.91 Å². The van der Waals surface area contributed by atoms with E-state index in [4.69, 9.17) is 0 Å². The molecule has 0 bridgehead atoms. The van der Waals surface area contributed by atoms with Crippen LogP contribution in [0.2, 0.25) is 0 Å². The van der Waals surface area contributed by atoms with Crippen molar-refractivity contribution in [1.82, 2.24) is 4.90 Å². The van der Waals surface area contributed by atoms with Crippen molar-refractivity contribution in [3.8, 4) is 0 Å². The number of halogens is 2. The van der Waals surface area contributed by atoms with E-state index in [1.165, 1.54) is 13.0 Å². The summed E-state index contributed by atoms with van der Waals surface area (Å²) in [5.41, 5.74) is 2.65. The van der Waals surface area contributed by atoms with E-state index in [9.17, 15) is 14.0 Å². The van der Waals surface area contributed by atoms with Crippen molar-refractivity contribution in [1.29, 1.82) is 0 Å². The molecule has 4 nitrogen and oxygen atoms in total. The average Bonchev–Trinajstić information content (AvgIpc) is 2.63. The molecular weight excluding hydrogens is 446 g/mol. The monoisotopic (exact) mass is 466 g/mol. The number of rotatable bonds is 3. The number of amides is 1. The summed E-state index contributed by atoms with van der Waals surface area (Å²) in [6, 6.07) is 10.3. The average molecular weight is 466 g/mol. The number of carbonyl (C=O) groups excluding carboxylic acids is 2. The molecular formula is C20H20FIN2O2. The first kappa shape index (κ1) is 18.8. The maximum atomic E-state index is 14.3. The molecule has 0 aliphatic carbocycles. The van der Waals surface area contributed by atoms with Crippen molar-refractivity contribution in [2.24, 2.45) is 0 Å². The molecule has 1 saturated heterocycles. The number of hydrogen-bond acceptors (Lipinski definition) is 3. The maximum absolute atomic E-state index is 14.3. The zero-order chi connectivity index (χ0) is 18.8. The Labute approximate surface area is 166 Å². The summed E-state index contributed by atoms with van der Waals surface area (Å²) < 4.78 is 15.3. The molecule has 0 radical (unpaired) electrons. The molecule has 2 aromatic rings. The van der Waals surface area contributed by atoms with Gasteiger partial charge in [-0.3, -0.25) is 9.59 Å². The number of hydrogen-bond donors (Lipinski definition) is 0. The second-order valence-electron chi connectivity index (χ2n) is 6.44. The Morgan fingerprint density at radius 3 is 2.38 bits per heavy atom. The van der Waals surface area contributed by atoms with Gasteiger partial charge in [0.05, 0.1) is 11.3 Å². The first-order valence-electron chi connectivity index (χ1n) is 8.48. The number of benzene rings is 2. The molecule has 0 saturated carbocycles. The van der Waals surface area contributed by atoms with Crippen LogP contribution in [0.15, 0.2) is 36.4 Å². The fourth-order valence-corrected chi connectivity index (χ4v) is 3.71. The number of carbonyl (C=O) groups is 2. The number of Topliss-reactive ketones (excluding diaryl/α,β-unsaturated/α-hetero) is 1. The molecule has 0 spiro atoms. The predicted octanol–water partition coefficient (Wildman–Crippen LogP) is 3.90. The van der Waals surface area contributed by atoms with Crippen LogP contribution in [0, 0.1) is 16.3 Å². The Kier molecular flexibility index (Phi) is 5.60. The molecule has 1 heterocycles. The van der Waals surface area contributed by atoms with Gasteiger partial charge in [0.1, 0.15) is 5.82 Å². The second-order valence-corrected chi connectivity index (χ2v) is 7.52. The number of nitrogens with zero attached hydrogens (tertiary/aromatic N) is 2. The number of anilines is 1. The van der Waals surface area contributed by atoms with Gasteiger partial charge in [-0.25, -0.2) is 4.39 Å².